The van der Waals surface area contributed by atoms with Crippen molar-refractivity contribution in [2.45, 2.75) is 26.2 Å². The molecule has 4 heteroatoms. The van der Waals surface area contributed by atoms with E-state index >= 15 is 0 Å². The smallest absolute Gasteiger partial charge is 0.251 e. The number of benzene rings is 1. The van der Waals surface area contributed by atoms with E-state index in [1.807, 2.05) is 36.9 Å². The Hall–Kier alpha value is -1.44. The molecule has 114 valence electrons. The highest BCUT2D eigenvalue weighted by molar-refractivity contribution is 7.98. The van der Waals surface area contributed by atoms with E-state index in [-0.39, 0.29) is 5.91 Å². The first-order chi connectivity index (χ1) is 10.2. The number of aryl methyl sites for hydroxylation is 1. The summed E-state index contributed by atoms with van der Waals surface area (Å²) in [5.74, 6) is 6.95. The Labute approximate surface area is 132 Å². The van der Waals surface area contributed by atoms with Crippen molar-refractivity contribution in [3.63, 3.8) is 0 Å². The van der Waals surface area contributed by atoms with Gasteiger partial charge in [-0.05, 0) is 55.5 Å². The summed E-state index contributed by atoms with van der Waals surface area (Å²) in [5, 5.41) is 2.97. The molecule has 0 heterocycles. The maximum atomic E-state index is 12.1. The van der Waals surface area contributed by atoms with E-state index in [0.717, 1.165) is 30.5 Å². The number of rotatable bonds is 7. The molecule has 0 aliphatic heterocycles. The maximum Gasteiger partial charge on any atom is 0.251 e. The predicted octanol–water partition coefficient (Wildman–Crippen LogP) is 2.57. The SMILES string of the molecule is CSCCCCCNC(=O)c1cc(C)cc(C#CCN)c1. The summed E-state index contributed by atoms with van der Waals surface area (Å²) in [6.45, 7) is 3.02. The van der Waals surface area contributed by atoms with Crippen LogP contribution in [0, 0.1) is 18.8 Å². The van der Waals surface area contributed by atoms with Crippen LogP contribution in [0.25, 0.3) is 0 Å². The second-order valence-electron chi connectivity index (χ2n) is 4.90. The van der Waals surface area contributed by atoms with Crippen molar-refractivity contribution in [3.05, 3.63) is 34.9 Å². The van der Waals surface area contributed by atoms with Gasteiger partial charge in [-0.3, -0.25) is 4.79 Å². The summed E-state index contributed by atoms with van der Waals surface area (Å²) in [4.78, 5) is 12.1. The fourth-order valence-corrected chi connectivity index (χ4v) is 2.48. The molecule has 0 aliphatic rings. The van der Waals surface area contributed by atoms with Crippen LogP contribution in [-0.4, -0.2) is 31.0 Å². The van der Waals surface area contributed by atoms with Crippen molar-refractivity contribution in [1.82, 2.24) is 5.32 Å². The van der Waals surface area contributed by atoms with Crippen molar-refractivity contribution in [2.75, 3.05) is 25.1 Å². The lowest BCUT2D eigenvalue weighted by atomic mass is 10.1. The molecule has 0 spiro atoms. The quantitative estimate of drug-likeness (QED) is 0.601. The summed E-state index contributed by atoms with van der Waals surface area (Å²) in [7, 11) is 0. The first-order valence-electron chi connectivity index (χ1n) is 7.25. The van der Waals surface area contributed by atoms with Crippen LogP contribution in [0.3, 0.4) is 0 Å². The molecule has 1 rings (SSSR count). The highest BCUT2D eigenvalue weighted by Gasteiger charge is 2.06. The van der Waals surface area contributed by atoms with Crippen molar-refractivity contribution < 1.29 is 4.79 Å². The fraction of sp³-hybridized carbons (Fsp3) is 0.471. The van der Waals surface area contributed by atoms with E-state index < -0.39 is 0 Å². The number of amides is 1. The Morgan fingerprint density at radius 1 is 1.29 bits per heavy atom. The first kappa shape index (κ1) is 17.6. The predicted molar refractivity (Wildman–Crippen MR) is 91.7 cm³/mol. The van der Waals surface area contributed by atoms with Gasteiger partial charge in [-0.2, -0.15) is 11.8 Å². The van der Waals surface area contributed by atoms with Gasteiger partial charge in [-0.15, -0.1) is 0 Å². The Morgan fingerprint density at radius 3 is 2.81 bits per heavy atom. The maximum absolute atomic E-state index is 12.1. The number of nitrogens with two attached hydrogens (primary N) is 1. The van der Waals surface area contributed by atoms with Gasteiger partial charge in [0.1, 0.15) is 0 Å². The topological polar surface area (TPSA) is 55.1 Å². The van der Waals surface area contributed by atoms with Gasteiger partial charge < -0.3 is 11.1 Å². The zero-order chi connectivity index (χ0) is 15.5. The third-order valence-electron chi connectivity index (χ3n) is 2.99. The van der Waals surface area contributed by atoms with Crippen LogP contribution >= 0.6 is 11.8 Å². The summed E-state index contributed by atoms with van der Waals surface area (Å²) in [5.41, 5.74) is 7.91. The molecule has 1 amide bonds. The Balaban J connectivity index is 2.51. The number of hydrogen-bond acceptors (Lipinski definition) is 3. The van der Waals surface area contributed by atoms with Crippen molar-refractivity contribution in [2.24, 2.45) is 5.73 Å². The van der Waals surface area contributed by atoms with Crippen LogP contribution in [0.15, 0.2) is 18.2 Å². The number of nitrogens with one attached hydrogen (secondary N) is 1. The van der Waals surface area contributed by atoms with E-state index in [1.54, 1.807) is 0 Å². The average Bonchev–Trinajstić information content (AvgIpc) is 2.48. The zero-order valence-corrected chi connectivity index (χ0v) is 13.7. The van der Waals surface area contributed by atoms with Gasteiger partial charge in [0.25, 0.3) is 5.91 Å². The minimum absolute atomic E-state index is 0.0284. The molecule has 0 radical (unpaired) electrons. The molecule has 3 N–H and O–H groups in total. The highest BCUT2D eigenvalue weighted by Crippen LogP contribution is 2.09. The third-order valence-corrected chi connectivity index (χ3v) is 3.68. The molecule has 21 heavy (non-hydrogen) atoms. The summed E-state index contributed by atoms with van der Waals surface area (Å²) in [6, 6.07) is 5.66. The van der Waals surface area contributed by atoms with Gasteiger partial charge in [-0.25, -0.2) is 0 Å². The molecule has 3 nitrogen and oxygen atoms in total. The van der Waals surface area contributed by atoms with E-state index in [0.29, 0.717) is 12.1 Å². The number of thioether (sulfide) groups is 1. The monoisotopic (exact) mass is 304 g/mol. The van der Waals surface area contributed by atoms with E-state index in [4.69, 9.17) is 5.73 Å². The van der Waals surface area contributed by atoms with Crippen LogP contribution in [-0.2, 0) is 0 Å². The molecule has 1 aromatic carbocycles. The Kier molecular flexibility index (Phi) is 8.65. The number of carbonyl (C=O) groups is 1. The van der Waals surface area contributed by atoms with Gasteiger partial charge >= 0.3 is 0 Å². The summed E-state index contributed by atoms with van der Waals surface area (Å²) < 4.78 is 0. The largest absolute Gasteiger partial charge is 0.352 e. The lowest BCUT2D eigenvalue weighted by Gasteiger charge is -2.07. The number of carbonyl (C=O) groups excluding carboxylic acids is 1. The van der Waals surface area contributed by atoms with Crippen LogP contribution in [0.5, 0.6) is 0 Å². The molecule has 0 bridgehead atoms. The Morgan fingerprint density at radius 2 is 2.10 bits per heavy atom. The lowest BCUT2D eigenvalue weighted by Crippen LogP contribution is -2.24. The summed E-state index contributed by atoms with van der Waals surface area (Å²) in [6.07, 6.45) is 5.51. The van der Waals surface area contributed by atoms with Crippen LogP contribution < -0.4 is 11.1 Å². The van der Waals surface area contributed by atoms with Crippen LogP contribution in [0.1, 0.15) is 40.7 Å². The standard InChI is InChI=1S/C17H24N2OS/c1-14-11-15(7-6-8-18)13-16(12-14)17(20)19-9-4-3-5-10-21-2/h11-13H,3-5,8-10,18H2,1-2H3,(H,19,20). The van der Waals surface area contributed by atoms with E-state index in [2.05, 4.69) is 23.4 Å². The third kappa shape index (κ3) is 7.22. The average molecular weight is 304 g/mol. The fourth-order valence-electron chi connectivity index (χ4n) is 1.99. The van der Waals surface area contributed by atoms with Gasteiger partial charge in [0.15, 0.2) is 0 Å². The van der Waals surface area contributed by atoms with Crippen molar-refractivity contribution in [1.29, 1.82) is 0 Å². The number of unbranched alkanes of at least 4 members (excludes halogenated alkanes) is 2. The molecule has 0 unspecified atom stereocenters. The highest BCUT2D eigenvalue weighted by atomic mass is 32.2. The van der Waals surface area contributed by atoms with Gasteiger partial charge in [0.05, 0.1) is 6.54 Å². The Bertz CT molecular complexity index is 517. The zero-order valence-electron chi connectivity index (χ0n) is 12.9. The molecule has 0 atom stereocenters. The van der Waals surface area contributed by atoms with Gasteiger partial charge in [-0.1, -0.05) is 18.3 Å². The minimum Gasteiger partial charge on any atom is -0.352 e. The molecule has 0 fully saturated rings. The van der Waals surface area contributed by atoms with Crippen molar-refractivity contribution in [3.8, 4) is 11.8 Å². The first-order valence-corrected chi connectivity index (χ1v) is 8.64. The van der Waals surface area contributed by atoms with Crippen molar-refractivity contribution >= 4 is 17.7 Å². The molecule has 0 saturated carbocycles. The van der Waals surface area contributed by atoms with Gasteiger partial charge in [0, 0.05) is 17.7 Å². The second kappa shape index (κ2) is 10.3. The molecular weight excluding hydrogens is 280 g/mol. The van der Waals surface area contributed by atoms with Crippen LogP contribution in [0.2, 0.25) is 0 Å². The minimum atomic E-state index is -0.0284. The molecule has 0 saturated heterocycles. The number of hydrogen-bond donors (Lipinski definition) is 2. The molecule has 0 aliphatic carbocycles. The van der Waals surface area contributed by atoms with Gasteiger partial charge in [0.2, 0.25) is 0 Å². The van der Waals surface area contributed by atoms with E-state index in [9.17, 15) is 4.79 Å². The van der Waals surface area contributed by atoms with Crippen LogP contribution in [0.4, 0.5) is 0 Å². The molecule has 0 aromatic heterocycles. The lowest BCUT2D eigenvalue weighted by molar-refractivity contribution is 0.0953. The second-order valence-corrected chi connectivity index (χ2v) is 5.89. The summed E-state index contributed by atoms with van der Waals surface area (Å²) >= 11 is 1.86. The normalized spacial score (nSPS) is 9.86. The van der Waals surface area contributed by atoms with E-state index in [1.165, 1.54) is 12.2 Å². The molecule has 1 aromatic rings. The molecular formula is C17H24N2OS.